The predicted molar refractivity (Wildman–Crippen MR) is 124 cm³/mol. The lowest BCUT2D eigenvalue weighted by atomic mass is 9.96. The summed E-state index contributed by atoms with van der Waals surface area (Å²) >= 11 is 6.10. The topological polar surface area (TPSA) is 78.7 Å². The lowest BCUT2D eigenvalue weighted by Gasteiger charge is -2.40. The number of rotatable bonds is 8. The van der Waals surface area contributed by atoms with E-state index < -0.39 is 6.04 Å². The standard InChI is InChI=1S/C24H31ClN4O2/c1-18(26)24(31)27-13-5-8-22(30)28-14-16-29(17-15-28)23(19-6-3-2-4-7-19)20-9-11-21(25)12-10-20/h2-4,6-7,9-12,18,23H,5,8,13-17,26H2,1H3,(H,27,31)/t18-,23?/m0/s1. The van der Waals surface area contributed by atoms with Crippen LogP contribution in [0.5, 0.6) is 0 Å². The molecule has 0 aromatic heterocycles. The average molecular weight is 443 g/mol. The van der Waals surface area contributed by atoms with Gasteiger partial charge in [0.1, 0.15) is 0 Å². The summed E-state index contributed by atoms with van der Waals surface area (Å²) in [6.07, 6.45) is 1.05. The number of hydrogen-bond acceptors (Lipinski definition) is 4. The number of carbonyl (C=O) groups is 2. The van der Waals surface area contributed by atoms with Crippen LogP contribution in [0.1, 0.15) is 36.9 Å². The number of halogens is 1. The van der Waals surface area contributed by atoms with Crippen molar-refractivity contribution < 1.29 is 9.59 Å². The molecule has 1 aliphatic rings. The van der Waals surface area contributed by atoms with Crippen molar-refractivity contribution in [2.75, 3.05) is 32.7 Å². The van der Waals surface area contributed by atoms with Crippen LogP contribution in [0, 0.1) is 0 Å². The molecule has 2 atom stereocenters. The Balaban J connectivity index is 1.56. The number of amides is 2. The van der Waals surface area contributed by atoms with E-state index in [1.807, 2.05) is 23.1 Å². The highest BCUT2D eigenvalue weighted by Crippen LogP contribution is 2.30. The Morgan fingerprint density at radius 2 is 1.61 bits per heavy atom. The first-order chi connectivity index (χ1) is 15.0. The molecule has 31 heavy (non-hydrogen) atoms. The molecule has 1 heterocycles. The molecule has 3 rings (SSSR count). The van der Waals surface area contributed by atoms with Crippen LogP contribution in [0.25, 0.3) is 0 Å². The lowest BCUT2D eigenvalue weighted by molar-refractivity contribution is -0.133. The van der Waals surface area contributed by atoms with E-state index in [4.69, 9.17) is 17.3 Å². The van der Waals surface area contributed by atoms with Crippen LogP contribution < -0.4 is 11.1 Å². The van der Waals surface area contributed by atoms with Gasteiger partial charge in [-0.25, -0.2) is 0 Å². The van der Waals surface area contributed by atoms with Crippen LogP contribution in [0.15, 0.2) is 54.6 Å². The first kappa shape index (κ1) is 23.3. The smallest absolute Gasteiger partial charge is 0.236 e. The second kappa shape index (κ2) is 11.3. The zero-order chi connectivity index (χ0) is 22.2. The Morgan fingerprint density at radius 3 is 2.23 bits per heavy atom. The molecule has 1 fully saturated rings. The summed E-state index contributed by atoms with van der Waals surface area (Å²) < 4.78 is 0. The summed E-state index contributed by atoms with van der Waals surface area (Å²) in [6.45, 7) is 5.11. The molecule has 0 saturated carbocycles. The summed E-state index contributed by atoms with van der Waals surface area (Å²) in [4.78, 5) is 28.4. The molecule has 6 nitrogen and oxygen atoms in total. The molecule has 2 amide bonds. The van der Waals surface area contributed by atoms with E-state index in [1.165, 1.54) is 11.1 Å². The fourth-order valence-electron chi connectivity index (χ4n) is 3.89. The summed E-state index contributed by atoms with van der Waals surface area (Å²) in [7, 11) is 0. The third kappa shape index (κ3) is 6.53. The molecule has 1 aliphatic heterocycles. The molecule has 2 aromatic rings. The van der Waals surface area contributed by atoms with Gasteiger partial charge in [-0.1, -0.05) is 54.1 Å². The molecule has 7 heteroatoms. The Kier molecular flexibility index (Phi) is 8.46. The average Bonchev–Trinajstić information content (AvgIpc) is 2.79. The summed E-state index contributed by atoms with van der Waals surface area (Å²) in [5.41, 5.74) is 7.95. The zero-order valence-electron chi connectivity index (χ0n) is 18.0. The van der Waals surface area contributed by atoms with E-state index in [9.17, 15) is 9.59 Å². The second-order valence-electron chi connectivity index (χ2n) is 7.96. The van der Waals surface area contributed by atoms with E-state index in [0.29, 0.717) is 32.5 Å². The van der Waals surface area contributed by atoms with E-state index in [2.05, 4.69) is 46.6 Å². The van der Waals surface area contributed by atoms with Gasteiger partial charge in [-0.3, -0.25) is 14.5 Å². The Morgan fingerprint density at radius 1 is 1.00 bits per heavy atom. The van der Waals surface area contributed by atoms with Gasteiger partial charge < -0.3 is 16.0 Å². The van der Waals surface area contributed by atoms with Gasteiger partial charge in [-0.2, -0.15) is 0 Å². The van der Waals surface area contributed by atoms with Crippen molar-refractivity contribution in [2.24, 2.45) is 5.73 Å². The van der Waals surface area contributed by atoms with E-state index in [-0.39, 0.29) is 17.9 Å². The quantitative estimate of drug-likeness (QED) is 0.616. The van der Waals surface area contributed by atoms with E-state index in [0.717, 1.165) is 18.1 Å². The van der Waals surface area contributed by atoms with Gasteiger partial charge in [0.15, 0.2) is 0 Å². The maximum atomic E-state index is 12.6. The van der Waals surface area contributed by atoms with Gasteiger partial charge in [-0.05, 0) is 36.6 Å². The number of nitrogens with zero attached hydrogens (tertiary/aromatic N) is 2. The molecule has 0 radical (unpaired) electrons. The number of piperazine rings is 1. The fourth-order valence-corrected chi connectivity index (χ4v) is 4.02. The van der Waals surface area contributed by atoms with Crippen LogP contribution in [0.4, 0.5) is 0 Å². The Hall–Kier alpha value is -2.41. The van der Waals surface area contributed by atoms with Gasteiger partial charge in [-0.15, -0.1) is 0 Å². The van der Waals surface area contributed by atoms with Gasteiger partial charge in [0.2, 0.25) is 11.8 Å². The molecule has 1 unspecified atom stereocenters. The van der Waals surface area contributed by atoms with Crippen LogP contribution in [0.3, 0.4) is 0 Å². The van der Waals surface area contributed by atoms with Crippen molar-refractivity contribution in [3.05, 3.63) is 70.7 Å². The van der Waals surface area contributed by atoms with Crippen LogP contribution in [-0.4, -0.2) is 60.4 Å². The first-order valence-corrected chi connectivity index (χ1v) is 11.2. The third-order valence-electron chi connectivity index (χ3n) is 5.61. The van der Waals surface area contributed by atoms with Gasteiger partial charge in [0, 0.05) is 44.2 Å². The van der Waals surface area contributed by atoms with Crippen molar-refractivity contribution in [3.63, 3.8) is 0 Å². The molecule has 0 bridgehead atoms. The number of nitrogens with one attached hydrogen (secondary N) is 1. The molecule has 3 N–H and O–H groups in total. The zero-order valence-corrected chi connectivity index (χ0v) is 18.7. The number of benzene rings is 2. The number of nitrogens with two attached hydrogens (primary N) is 1. The largest absolute Gasteiger partial charge is 0.355 e. The monoisotopic (exact) mass is 442 g/mol. The molecule has 2 aromatic carbocycles. The normalized spacial score (nSPS) is 16.5. The highest BCUT2D eigenvalue weighted by Gasteiger charge is 2.28. The predicted octanol–water partition coefficient (Wildman–Crippen LogP) is 2.82. The van der Waals surface area contributed by atoms with E-state index >= 15 is 0 Å². The van der Waals surface area contributed by atoms with Crippen LogP contribution in [-0.2, 0) is 9.59 Å². The molecule has 1 saturated heterocycles. The van der Waals surface area contributed by atoms with Crippen molar-refractivity contribution >= 4 is 23.4 Å². The van der Waals surface area contributed by atoms with Crippen molar-refractivity contribution in [1.29, 1.82) is 0 Å². The van der Waals surface area contributed by atoms with Crippen molar-refractivity contribution in [1.82, 2.24) is 15.1 Å². The van der Waals surface area contributed by atoms with E-state index in [1.54, 1.807) is 6.92 Å². The molecular formula is C24H31ClN4O2. The third-order valence-corrected chi connectivity index (χ3v) is 5.87. The van der Waals surface area contributed by atoms with Crippen molar-refractivity contribution in [2.45, 2.75) is 31.8 Å². The molecular weight excluding hydrogens is 412 g/mol. The van der Waals surface area contributed by atoms with Crippen LogP contribution in [0.2, 0.25) is 5.02 Å². The Bertz CT molecular complexity index is 850. The maximum absolute atomic E-state index is 12.6. The molecule has 0 spiro atoms. The van der Waals surface area contributed by atoms with Gasteiger partial charge in [0.25, 0.3) is 0 Å². The highest BCUT2D eigenvalue weighted by molar-refractivity contribution is 6.30. The first-order valence-electron chi connectivity index (χ1n) is 10.8. The van der Waals surface area contributed by atoms with Crippen molar-refractivity contribution in [3.8, 4) is 0 Å². The summed E-state index contributed by atoms with van der Waals surface area (Å²) in [6, 6.07) is 18.0. The minimum Gasteiger partial charge on any atom is -0.355 e. The summed E-state index contributed by atoms with van der Waals surface area (Å²) in [5.74, 6) is -0.0485. The van der Waals surface area contributed by atoms with Gasteiger partial charge in [0.05, 0.1) is 12.1 Å². The van der Waals surface area contributed by atoms with Gasteiger partial charge >= 0.3 is 0 Å². The highest BCUT2D eigenvalue weighted by atomic mass is 35.5. The molecule has 166 valence electrons. The maximum Gasteiger partial charge on any atom is 0.236 e. The SMILES string of the molecule is C[C@H](N)C(=O)NCCCC(=O)N1CCN(C(c2ccccc2)c2ccc(Cl)cc2)CC1. The fraction of sp³-hybridized carbons (Fsp3) is 0.417. The minimum atomic E-state index is -0.526. The number of hydrogen-bond donors (Lipinski definition) is 2. The number of carbonyl (C=O) groups excluding carboxylic acids is 2. The second-order valence-corrected chi connectivity index (χ2v) is 8.40. The molecule has 0 aliphatic carbocycles. The minimum absolute atomic E-state index is 0.129. The van der Waals surface area contributed by atoms with Crippen LogP contribution >= 0.6 is 11.6 Å². The summed E-state index contributed by atoms with van der Waals surface area (Å²) in [5, 5.41) is 3.48. The lowest BCUT2D eigenvalue weighted by Crippen LogP contribution is -2.50. The Labute approximate surface area is 189 Å².